The van der Waals surface area contributed by atoms with Gasteiger partial charge in [0.1, 0.15) is 0 Å². The lowest BCUT2D eigenvalue weighted by atomic mass is 10.1. The van der Waals surface area contributed by atoms with Gasteiger partial charge in [-0.05, 0) is 26.3 Å². The third-order valence-electron chi connectivity index (χ3n) is 2.68. The van der Waals surface area contributed by atoms with E-state index in [1.165, 1.54) is 5.56 Å². The fourth-order valence-electron chi connectivity index (χ4n) is 2.05. The van der Waals surface area contributed by atoms with Gasteiger partial charge in [0.05, 0.1) is 6.61 Å². The molecule has 0 atom stereocenters. The third kappa shape index (κ3) is 1.86. The van der Waals surface area contributed by atoms with Crippen LogP contribution in [0.15, 0.2) is 18.2 Å². The predicted octanol–water partition coefficient (Wildman–Crippen LogP) is 2.71. The summed E-state index contributed by atoms with van der Waals surface area (Å²) in [6.07, 6.45) is 0. The summed E-state index contributed by atoms with van der Waals surface area (Å²) in [5, 5.41) is 0. The monoisotopic (exact) mass is 222 g/mol. The first kappa shape index (κ1) is 11.6. The molecule has 88 valence electrons. The summed E-state index contributed by atoms with van der Waals surface area (Å²) in [5.74, 6) is -0.980. The van der Waals surface area contributed by atoms with Gasteiger partial charge in [-0.15, -0.1) is 0 Å². The first-order valence-electron chi connectivity index (χ1n) is 5.73. The van der Waals surface area contributed by atoms with E-state index >= 15 is 0 Å². The first-order valence-corrected chi connectivity index (χ1v) is 5.73. The van der Waals surface area contributed by atoms with E-state index in [9.17, 15) is 0 Å². The Morgan fingerprint density at radius 2 is 1.94 bits per heavy atom. The molecule has 0 amide bonds. The summed E-state index contributed by atoms with van der Waals surface area (Å²) in [5.41, 5.74) is 3.38. The second kappa shape index (κ2) is 4.53. The summed E-state index contributed by atoms with van der Waals surface area (Å²) in [6.45, 7) is 7.63. The highest BCUT2D eigenvalue weighted by Crippen LogP contribution is 2.38. The van der Waals surface area contributed by atoms with Gasteiger partial charge in [-0.25, -0.2) is 0 Å². The number of aryl methyl sites for hydroxylation is 1. The maximum atomic E-state index is 5.70. The summed E-state index contributed by atoms with van der Waals surface area (Å²) >= 11 is 0. The van der Waals surface area contributed by atoms with Gasteiger partial charge in [0.2, 0.25) is 0 Å². The van der Waals surface area contributed by atoms with Gasteiger partial charge in [-0.2, -0.15) is 0 Å². The minimum absolute atomic E-state index is 0.553. The number of benzene rings is 1. The molecule has 16 heavy (non-hydrogen) atoms. The van der Waals surface area contributed by atoms with E-state index in [0.717, 1.165) is 11.1 Å². The topological polar surface area (TPSA) is 27.7 Å². The molecule has 0 radical (unpaired) electrons. The van der Waals surface area contributed by atoms with E-state index < -0.39 is 5.97 Å². The Balaban J connectivity index is 2.38. The van der Waals surface area contributed by atoms with Crippen LogP contribution < -0.4 is 0 Å². The SMILES string of the molecule is CCOC1(OCC)OCc2cc(C)ccc21. The van der Waals surface area contributed by atoms with E-state index in [2.05, 4.69) is 19.1 Å². The fourth-order valence-corrected chi connectivity index (χ4v) is 2.05. The van der Waals surface area contributed by atoms with Gasteiger partial charge in [0, 0.05) is 18.8 Å². The minimum Gasteiger partial charge on any atom is -0.324 e. The van der Waals surface area contributed by atoms with Crippen molar-refractivity contribution in [3.05, 3.63) is 34.9 Å². The van der Waals surface area contributed by atoms with Gasteiger partial charge in [0.15, 0.2) is 0 Å². The van der Waals surface area contributed by atoms with Crippen LogP contribution >= 0.6 is 0 Å². The first-order chi connectivity index (χ1) is 7.72. The normalized spacial score (nSPS) is 17.4. The molecule has 0 aromatic heterocycles. The average Bonchev–Trinajstić information content (AvgIpc) is 2.58. The highest BCUT2D eigenvalue weighted by atomic mass is 16.9. The van der Waals surface area contributed by atoms with Crippen molar-refractivity contribution < 1.29 is 14.2 Å². The standard InChI is InChI=1S/C13H18O3/c1-4-14-13(15-5-2)12-7-6-10(3)8-11(12)9-16-13/h6-8H,4-5,9H2,1-3H3. The number of fused-ring (bicyclic) bond motifs is 1. The van der Waals surface area contributed by atoms with Crippen LogP contribution in [0.3, 0.4) is 0 Å². The van der Waals surface area contributed by atoms with Crippen molar-refractivity contribution in [1.82, 2.24) is 0 Å². The number of ether oxygens (including phenoxy) is 3. The Kier molecular flexibility index (Phi) is 3.28. The molecule has 0 spiro atoms. The molecule has 1 aromatic carbocycles. The lowest BCUT2D eigenvalue weighted by molar-refractivity contribution is -0.384. The van der Waals surface area contributed by atoms with Gasteiger partial charge >= 0.3 is 5.97 Å². The van der Waals surface area contributed by atoms with E-state index in [-0.39, 0.29) is 0 Å². The molecular formula is C13H18O3. The second-order valence-electron chi connectivity index (χ2n) is 3.87. The molecule has 0 fully saturated rings. The summed E-state index contributed by atoms with van der Waals surface area (Å²) in [7, 11) is 0. The van der Waals surface area contributed by atoms with Crippen LogP contribution in [0.5, 0.6) is 0 Å². The quantitative estimate of drug-likeness (QED) is 0.733. The highest BCUT2D eigenvalue weighted by Gasteiger charge is 2.42. The molecule has 1 aromatic rings. The van der Waals surface area contributed by atoms with Crippen molar-refractivity contribution in [1.29, 1.82) is 0 Å². The van der Waals surface area contributed by atoms with Crippen molar-refractivity contribution >= 4 is 0 Å². The van der Waals surface area contributed by atoms with Gasteiger partial charge in [0.25, 0.3) is 0 Å². The molecular weight excluding hydrogens is 204 g/mol. The molecule has 3 nitrogen and oxygen atoms in total. The minimum atomic E-state index is -0.980. The number of hydrogen-bond donors (Lipinski definition) is 0. The van der Waals surface area contributed by atoms with Crippen molar-refractivity contribution in [2.45, 2.75) is 33.4 Å². The van der Waals surface area contributed by atoms with Gasteiger partial charge < -0.3 is 14.2 Å². The molecule has 1 aliphatic heterocycles. The zero-order valence-corrected chi connectivity index (χ0v) is 10.1. The van der Waals surface area contributed by atoms with E-state index in [4.69, 9.17) is 14.2 Å². The Bertz CT molecular complexity index is 367. The van der Waals surface area contributed by atoms with Crippen LogP contribution in [0.25, 0.3) is 0 Å². The third-order valence-corrected chi connectivity index (χ3v) is 2.68. The van der Waals surface area contributed by atoms with Crippen molar-refractivity contribution in [3.63, 3.8) is 0 Å². The molecule has 0 bridgehead atoms. The largest absolute Gasteiger partial charge is 0.324 e. The molecule has 2 rings (SSSR count). The lowest BCUT2D eigenvalue weighted by Gasteiger charge is -2.28. The molecule has 0 saturated heterocycles. The maximum absolute atomic E-state index is 5.70. The van der Waals surface area contributed by atoms with Crippen molar-refractivity contribution in [2.75, 3.05) is 13.2 Å². The molecule has 3 heteroatoms. The molecule has 0 aliphatic carbocycles. The van der Waals surface area contributed by atoms with Crippen LogP contribution in [-0.2, 0) is 26.8 Å². The average molecular weight is 222 g/mol. The summed E-state index contributed by atoms with van der Waals surface area (Å²) in [4.78, 5) is 0. The van der Waals surface area contributed by atoms with E-state index in [0.29, 0.717) is 19.8 Å². The van der Waals surface area contributed by atoms with Crippen LogP contribution in [0.4, 0.5) is 0 Å². The van der Waals surface area contributed by atoms with Crippen molar-refractivity contribution in [3.8, 4) is 0 Å². The van der Waals surface area contributed by atoms with Crippen molar-refractivity contribution in [2.24, 2.45) is 0 Å². The van der Waals surface area contributed by atoms with Crippen LogP contribution in [-0.4, -0.2) is 13.2 Å². The van der Waals surface area contributed by atoms with Crippen LogP contribution in [0.1, 0.15) is 30.5 Å². The van der Waals surface area contributed by atoms with Crippen LogP contribution in [0, 0.1) is 6.92 Å². The van der Waals surface area contributed by atoms with Gasteiger partial charge in [-0.3, -0.25) is 0 Å². The Hall–Kier alpha value is -0.900. The Morgan fingerprint density at radius 1 is 1.25 bits per heavy atom. The second-order valence-corrected chi connectivity index (χ2v) is 3.87. The van der Waals surface area contributed by atoms with Crippen LogP contribution in [0.2, 0.25) is 0 Å². The highest BCUT2D eigenvalue weighted by molar-refractivity contribution is 5.35. The lowest BCUT2D eigenvalue weighted by Crippen LogP contribution is -2.32. The number of hydrogen-bond acceptors (Lipinski definition) is 3. The van der Waals surface area contributed by atoms with Gasteiger partial charge in [-0.1, -0.05) is 23.8 Å². The predicted molar refractivity (Wildman–Crippen MR) is 60.9 cm³/mol. The molecule has 0 unspecified atom stereocenters. The molecule has 1 heterocycles. The smallest absolute Gasteiger partial charge is 0.312 e. The Morgan fingerprint density at radius 3 is 2.56 bits per heavy atom. The summed E-state index contributed by atoms with van der Waals surface area (Å²) < 4.78 is 17.0. The molecule has 0 saturated carbocycles. The Labute approximate surface area is 96.3 Å². The van der Waals surface area contributed by atoms with E-state index in [1.807, 2.05) is 19.9 Å². The zero-order valence-electron chi connectivity index (χ0n) is 10.1. The molecule has 1 aliphatic rings. The zero-order chi connectivity index (χ0) is 11.6. The summed E-state index contributed by atoms with van der Waals surface area (Å²) in [6, 6.07) is 6.21. The number of rotatable bonds is 4. The fraction of sp³-hybridized carbons (Fsp3) is 0.538. The molecule has 0 N–H and O–H groups in total. The van der Waals surface area contributed by atoms with E-state index in [1.54, 1.807) is 0 Å². The maximum Gasteiger partial charge on any atom is 0.312 e.